The summed E-state index contributed by atoms with van der Waals surface area (Å²) >= 11 is 17.8. The summed E-state index contributed by atoms with van der Waals surface area (Å²) in [5.41, 5.74) is 2.99. The van der Waals surface area contributed by atoms with E-state index in [4.69, 9.17) is 34.8 Å². The van der Waals surface area contributed by atoms with Gasteiger partial charge >= 0.3 is 0 Å². The van der Waals surface area contributed by atoms with Gasteiger partial charge in [0.2, 0.25) is 9.70 Å². The summed E-state index contributed by atoms with van der Waals surface area (Å²) in [6.45, 7) is 5.88. The highest BCUT2D eigenvalue weighted by Gasteiger charge is 2.34. The van der Waals surface area contributed by atoms with Gasteiger partial charge in [0.05, 0.1) is 0 Å². The summed E-state index contributed by atoms with van der Waals surface area (Å²) in [4.78, 5) is 11.7. The number of aryl methyl sites for hydroxylation is 2. The predicted octanol–water partition coefficient (Wildman–Crippen LogP) is 4.33. The monoisotopic (exact) mass is 336 g/mol. The molecular formula is C14H19Cl3N2O. The second-order valence-corrected chi connectivity index (χ2v) is 7.12. The fraction of sp³-hybridized carbons (Fsp3) is 0.500. The van der Waals surface area contributed by atoms with Crippen LogP contribution in [0.5, 0.6) is 0 Å². The fourth-order valence-corrected chi connectivity index (χ4v) is 2.12. The molecule has 0 saturated carbocycles. The number of carbonyl (C=O) groups excluding carboxylic acids is 1. The van der Waals surface area contributed by atoms with Gasteiger partial charge < -0.3 is 10.6 Å². The van der Waals surface area contributed by atoms with E-state index in [1.54, 1.807) is 0 Å². The Labute approximate surface area is 135 Å². The minimum absolute atomic E-state index is 0.152. The summed E-state index contributed by atoms with van der Waals surface area (Å²) in [5.74, 6) is -0.152. The van der Waals surface area contributed by atoms with Crippen LogP contribution in [0.25, 0.3) is 0 Å². The van der Waals surface area contributed by atoms with Gasteiger partial charge in [-0.05, 0) is 31.9 Å². The molecule has 1 rings (SSSR count). The van der Waals surface area contributed by atoms with Crippen LogP contribution in [0, 0.1) is 13.8 Å². The highest BCUT2D eigenvalue weighted by atomic mass is 35.6. The molecular weight excluding hydrogens is 319 g/mol. The van der Waals surface area contributed by atoms with Crippen molar-refractivity contribution < 1.29 is 4.79 Å². The first-order chi connectivity index (χ1) is 9.24. The van der Waals surface area contributed by atoms with Crippen LogP contribution in [-0.4, -0.2) is 15.9 Å². The number of alkyl halides is 3. The molecule has 0 aliphatic rings. The van der Waals surface area contributed by atoms with Gasteiger partial charge in [-0.3, -0.25) is 4.79 Å². The van der Waals surface area contributed by atoms with E-state index in [9.17, 15) is 4.79 Å². The van der Waals surface area contributed by atoms with E-state index in [-0.39, 0.29) is 5.91 Å². The standard InChI is InChI=1S/C14H19Cl3N2O/c1-4-5-12(20)19-13(14(15,16)17)18-11-7-6-9(2)8-10(11)3/h6-8,13,18H,4-5H2,1-3H3,(H,19,20)/t13-/m0/s1. The van der Waals surface area contributed by atoms with E-state index in [2.05, 4.69) is 10.6 Å². The van der Waals surface area contributed by atoms with E-state index in [0.29, 0.717) is 6.42 Å². The number of benzene rings is 1. The molecule has 0 spiro atoms. The number of amides is 1. The summed E-state index contributed by atoms with van der Waals surface area (Å²) in [7, 11) is 0. The molecule has 0 aliphatic carbocycles. The van der Waals surface area contributed by atoms with E-state index < -0.39 is 9.96 Å². The van der Waals surface area contributed by atoms with Gasteiger partial charge in [0.1, 0.15) is 6.17 Å². The van der Waals surface area contributed by atoms with Crippen LogP contribution in [0.3, 0.4) is 0 Å². The Balaban J connectivity index is 2.87. The Morgan fingerprint density at radius 1 is 1.30 bits per heavy atom. The van der Waals surface area contributed by atoms with Crippen molar-refractivity contribution in [3.05, 3.63) is 29.3 Å². The molecule has 0 bridgehead atoms. The molecule has 6 heteroatoms. The third-order valence-corrected chi connectivity index (χ3v) is 3.45. The summed E-state index contributed by atoms with van der Waals surface area (Å²) < 4.78 is -1.64. The van der Waals surface area contributed by atoms with Crippen molar-refractivity contribution in [3.63, 3.8) is 0 Å². The Morgan fingerprint density at radius 3 is 2.45 bits per heavy atom. The number of halogens is 3. The minimum atomic E-state index is -1.64. The van der Waals surface area contributed by atoms with E-state index in [1.807, 2.05) is 39.0 Å². The van der Waals surface area contributed by atoms with Crippen LogP contribution in [-0.2, 0) is 4.79 Å². The molecule has 20 heavy (non-hydrogen) atoms. The Morgan fingerprint density at radius 2 is 1.95 bits per heavy atom. The largest absolute Gasteiger partial charge is 0.362 e. The number of anilines is 1. The maximum atomic E-state index is 11.7. The molecule has 1 amide bonds. The van der Waals surface area contributed by atoms with E-state index >= 15 is 0 Å². The quantitative estimate of drug-likeness (QED) is 0.620. The lowest BCUT2D eigenvalue weighted by molar-refractivity contribution is -0.121. The molecule has 1 aromatic rings. The zero-order valence-electron chi connectivity index (χ0n) is 11.8. The summed E-state index contributed by atoms with van der Waals surface area (Å²) in [6.07, 6.45) is 0.348. The highest BCUT2D eigenvalue weighted by molar-refractivity contribution is 6.68. The molecule has 0 fully saturated rings. The maximum absolute atomic E-state index is 11.7. The first kappa shape index (κ1) is 17.4. The normalized spacial score (nSPS) is 12.9. The van der Waals surface area contributed by atoms with Gasteiger partial charge in [-0.2, -0.15) is 0 Å². The predicted molar refractivity (Wildman–Crippen MR) is 86.7 cm³/mol. The van der Waals surface area contributed by atoms with Crippen molar-refractivity contribution in [2.24, 2.45) is 0 Å². The van der Waals surface area contributed by atoms with Crippen molar-refractivity contribution in [2.75, 3.05) is 5.32 Å². The molecule has 1 atom stereocenters. The Bertz CT molecular complexity index is 472. The number of carbonyl (C=O) groups is 1. The van der Waals surface area contributed by atoms with Crippen LogP contribution in [0.15, 0.2) is 18.2 Å². The average Bonchev–Trinajstić information content (AvgIpc) is 2.30. The van der Waals surface area contributed by atoms with Crippen molar-refractivity contribution in [3.8, 4) is 0 Å². The molecule has 3 nitrogen and oxygen atoms in total. The third-order valence-electron chi connectivity index (χ3n) is 2.79. The zero-order chi connectivity index (χ0) is 15.3. The molecule has 0 radical (unpaired) electrons. The molecule has 0 unspecified atom stereocenters. The first-order valence-corrected chi connectivity index (χ1v) is 7.57. The van der Waals surface area contributed by atoms with Gasteiger partial charge in [0.15, 0.2) is 0 Å². The molecule has 0 heterocycles. The van der Waals surface area contributed by atoms with Crippen LogP contribution < -0.4 is 10.6 Å². The highest BCUT2D eigenvalue weighted by Crippen LogP contribution is 2.32. The molecule has 2 N–H and O–H groups in total. The lowest BCUT2D eigenvalue weighted by Gasteiger charge is -2.28. The van der Waals surface area contributed by atoms with E-state index in [0.717, 1.165) is 23.2 Å². The lowest BCUT2D eigenvalue weighted by atomic mass is 10.1. The first-order valence-electron chi connectivity index (χ1n) is 6.44. The minimum Gasteiger partial charge on any atom is -0.362 e. The Hall–Kier alpha value is -0.640. The van der Waals surface area contributed by atoms with Crippen LogP contribution >= 0.6 is 34.8 Å². The zero-order valence-corrected chi connectivity index (χ0v) is 14.0. The van der Waals surface area contributed by atoms with Crippen molar-refractivity contribution >= 4 is 46.4 Å². The second-order valence-electron chi connectivity index (χ2n) is 4.75. The van der Waals surface area contributed by atoms with Gasteiger partial charge in [-0.1, -0.05) is 59.4 Å². The molecule has 112 valence electrons. The number of rotatable bonds is 5. The SMILES string of the molecule is CCCC(=O)N[C@H](Nc1ccc(C)cc1C)C(Cl)(Cl)Cl. The van der Waals surface area contributed by atoms with Gasteiger partial charge in [0, 0.05) is 12.1 Å². The van der Waals surface area contributed by atoms with Crippen LogP contribution in [0.4, 0.5) is 5.69 Å². The smallest absolute Gasteiger partial charge is 0.228 e. The number of hydrogen-bond acceptors (Lipinski definition) is 2. The van der Waals surface area contributed by atoms with Crippen LogP contribution in [0.1, 0.15) is 30.9 Å². The molecule has 0 aliphatic heterocycles. The number of hydrogen-bond donors (Lipinski definition) is 2. The molecule has 1 aromatic carbocycles. The van der Waals surface area contributed by atoms with Crippen molar-refractivity contribution in [2.45, 2.75) is 43.6 Å². The van der Waals surface area contributed by atoms with Gasteiger partial charge in [-0.25, -0.2) is 0 Å². The van der Waals surface area contributed by atoms with E-state index in [1.165, 1.54) is 0 Å². The van der Waals surface area contributed by atoms with Gasteiger partial charge in [-0.15, -0.1) is 0 Å². The summed E-state index contributed by atoms with van der Waals surface area (Å²) in [5, 5.41) is 5.78. The molecule has 0 saturated heterocycles. The van der Waals surface area contributed by atoms with Crippen molar-refractivity contribution in [1.29, 1.82) is 0 Å². The number of nitrogens with one attached hydrogen (secondary N) is 2. The lowest BCUT2D eigenvalue weighted by Crippen LogP contribution is -2.49. The average molecular weight is 338 g/mol. The topological polar surface area (TPSA) is 41.1 Å². The maximum Gasteiger partial charge on any atom is 0.228 e. The van der Waals surface area contributed by atoms with Crippen molar-refractivity contribution in [1.82, 2.24) is 5.32 Å². The Kier molecular flexibility index (Phi) is 6.44. The fourth-order valence-electron chi connectivity index (χ4n) is 1.79. The van der Waals surface area contributed by atoms with Gasteiger partial charge in [0.25, 0.3) is 0 Å². The third kappa shape index (κ3) is 5.39. The second kappa shape index (κ2) is 7.39. The summed E-state index contributed by atoms with van der Waals surface area (Å²) in [6, 6.07) is 5.88. The van der Waals surface area contributed by atoms with Crippen LogP contribution in [0.2, 0.25) is 0 Å². The molecule has 0 aromatic heterocycles.